The van der Waals surface area contributed by atoms with Gasteiger partial charge in [0.2, 0.25) is 5.82 Å². The Morgan fingerprint density at radius 2 is 1.75 bits per heavy atom. The smallest absolute Gasteiger partial charge is 0.312 e. The highest BCUT2D eigenvalue weighted by atomic mass is 32.2. The van der Waals surface area contributed by atoms with Crippen molar-refractivity contribution in [1.82, 2.24) is 19.7 Å². The summed E-state index contributed by atoms with van der Waals surface area (Å²) in [5.74, 6) is 2.61. The Morgan fingerprint density at radius 1 is 1.00 bits per heavy atom. The summed E-state index contributed by atoms with van der Waals surface area (Å²) in [5.41, 5.74) is 4.79. The van der Waals surface area contributed by atoms with Gasteiger partial charge in [0, 0.05) is 49.0 Å². The number of aromatic nitrogens is 3. The molecule has 0 radical (unpaired) electrons. The molecule has 1 unspecified atom stereocenters. The Bertz CT molecular complexity index is 2690. The number of benzene rings is 2. The van der Waals surface area contributed by atoms with Crippen LogP contribution in [0.1, 0.15) is 137 Å². The Balaban J connectivity index is 0.908. The average molecular weight is 902 g/mol. The topological polar surface area (TPSA) is 172 Å². The number of H-pyrrole nitrogens is 1. The molecule has 4 fully saturated rings. The first kappa shape index (κ1) is 44.7. The fourth-order valence-electron chi connectivity index (χ4n) is 11.7. The molecule has 0 bridgehead atoms. The highest BCUT2D eigenvalue weighted by Gasteiger charge is 2.51. The zero-order chi connectivity index (χ0) is 45.7. The van der Waals surface area contributed by atoms with E-state index in [-0.39, 0.29) is 28.2 Å². The largest absolute Gasteiger partial charge is 0.455 e. The average Bonchev–Trinajstić information content (AvgIpc) is 3.95. The van der Waals surface area contributed by atoms with Gasteiger partial charge in [0.15, 0.2) is 0 Å². The number of pyridine rings is 2. The summed E-state index contributed by atoms with van der Waals surface area (Å²) >= 11 is 0. The number of piperidine rings is 1. The van der Waals surface area contributed by atoms with E-state index >= 15 is 0 Å². The Morgan fingerprint density at radius 3 is 2.49 bits per heavy atom. The summed E-state index contributed by atoms with van der Waals surface area (Å²) in [4.78, 5) is 39.5. The predicted octanol–water partition coefficient (Wildman–Crippen LogP) is 11.4. The number of nitrogens with one attached hydrogen (secondary N) is 3. The van der Waals surface area contributed by atoms with E-state index in [9.17, 15) is 23.3 Å². The van der Waals surface area contributed by atoms with Crippen LogP contribution in [0, 0.1) is 45.6 Å². The van der Waals surface area contributed by atoms with Crippen LogP contribution in [0.15, 0.2) is 78.0 Å². The highest BCUT2D eigenvalue weighted by Crippen LogP contribution is 2.60. The molecule has 4 heterocycles. The number of ether oxygens (including phenoxy) is 1. The first-order valence-corrected chi connectivity index (χ1v) is 25.1. The van der Waals surface area contributed by atoms with Crippen LogP contribution in [0.4, 0.5) is 17.2 Å². The van der Waals surface area contributed by atoms with Gasteiger partial charge in [-0.25, -0.2) is 23.1 Å². The quantitative estimate of drug-likeness (QED) is 0.0762. The van der Waals surface area contributed by atoms with Crippen LogP contribution in [0.2, 0.25) is 0 Å². The molecule has 4 aliphatic rings. The van der Waals surface area contributed by atoms with Gasteiger partial charge in [0.25, 0.3) is 15.9 Å². The number of nitrogens with zero attached hydrogens (tertiary/aromatic N) is 4. The number of aryl methyl sites for hydroxylation is 1. The molecule has 5 aromatic rings. The van der Waals surface area contributed by atoms with Crippen LogP contribution < -0.4 is 19.7 Å². The minimum atomic E-state index is -4.62. The number of nitro groups is 1. The lowest BCUT2D eigenvalue weighted by atomic mass is 9.53. The van der Waals surface area contributed by atoms with Crippen LogP contribution in [0.5, 0.6) is 11.5 Å². The molecule has 13 nitrogen and oxygen atoms in total. The van der Waals surface area contributed by atoms with Crippen molar-refractivity contribution >= 4 is 44.2 Å². The zero-order valence-corrected chi connectivity index (χ0v) is 39.2. The fraction of sp³-hybridized carbons (Fsp3) is 0.510. The maximum absolute atomic E-state index is 14.1. The summed E-state index contributed by atoms with van der Waals surface area (Å²) < 4.78 is 36.4. The number of amides is 1. The Kier molecular flexibility index (Phi) is 12.2. The number of hydrogen-bond donors (Lipinski definition) is 3. The molecule has 2 atom stereocenters. The first-order chi connectivity index (χ1) is 31.1. The van der Waals surface area contributed by atoms with Gasteiger partial charge in [-0.1, -0.05) is 58.4 Å². The highest BCUT2D eigenvalue weighted by molar-refractivity contribution is 7.90. The minimum absolute atomic E-state index is 0.00774. The van der Waals surface area contributed by atoms with E-state index in [1.807, 2.05) is 12.1 Å². The van der Waals surface area contributed by atoms with Crippen molar-refractivity contribution in [2.75, 3.05) is 29.9 Å². The molecule has 2 aromatic carbocycles. The second kappa shape index (κ2) is 17.7. The molecule has 3 N–H and O–H groups in total. The van der Waals surface area contributed by atoms with Crippen LogP contribution >= 0.6 is 0 Å². The molecule has 1 amide bonds. The minimum Gasteiger partial charge on any atom is -0.455 e. The summed E-state index contributed by atoms with van der Waals surface area (Å²) in [7, 11) is -4.62. The van der Waals surface area contributed by atoms with Crippen molar-refractivity contribution in [3.8, 4) is 11.5 Å². The molecule has 3 saturated carbocycles. The van der Waals surface area contributed by atoms with Gasteiger partial charge in [-0.05, 0) is 147 Å². The normalized spacial score (nSPS) is 21.1. The molecule has 1 saturated heterocycles. The maximum Gasteiger partial charge on any atom is 0.312 e. The molecule has 3 aliphatic carbocycles. The first-order valence-electron chi connectivity index (χ1n) is 23.6. The van der Waals surface area contributed by atoms with Gasteiger partial charge in [-0.3, -0.25) is 14.9 Å². The number of anilines is 2. The number of fused-ring (bicyclic) bond motifs is 1. The molecule has 344 valence electrons. The number of hydrogen-bond acceptors (Lipinski definition) is 10. The lowest BCUT2D eigenvalue weighted by Crippen LogP contribution is -2.49. The SMILES string of the molecule is Cc1nc(NCC2CCC(C)(C)CC2)c([N+](=O)[O-])cc1S(=O)(=O)NC(=O)c1ccc(N2CCC3(CC2)CC(C2CCC[C@@H]2c2ccccc2C(C)C)C3)cc1Oc1cnc2[nH]ccc2c1. The second-order valence-corrected chi connectivity index (χ2v) is 22.3. The van der Waals surface area contributed by atoms with E-state index < -0.39 is 31.4 Å². The lowest BCUT2D eigenvalue weighted by Gasteiger charge is -2.55. The number of aromatic amines is 1. The molecular formula is C51H63N7O6S. The summed E-state index contributed by atoms with van der Waals surface area (Å²) in [6.07, 6.45) is 16.1. The van der Waals surface area contributed by atoms with E-state index in [0.717, 1.165) is 80.6 Å². The number of carbonyl (C=O) groups excluding carboxylic acids is 1. The van der Waals surface area contributed by atoms with E-state index in [2.05, 4.69) is 81.9 Å². The van der Waals surface area contributed by atoms with Gasteiger partial charge >= 0.3 is 5.69 Å². The monoisotopic (exact) mass is 901 g/mol. The van der Waals surface area contributed by atoms with E-state index in [4.69, 9.17) is 4.74 Å². The predicted molar refractivity (Wildman–Crippen MR) is 254 cm³/mol. The van der Waals surface area contributed by atoms with Crippen LogP contribution in [0.3, 0.4) is 0 Å². The number of rotatable bonds is 13. The molecule has 3 aromatic heterocycles. The lowest BCUT2D eigenvalue weighted by molar-refractivity contribution is -0.384. The van der Waals surface area contributed by atoms with E-state index in [1.165, 1.54) is 44.6 Å². The number of sulfonamides is 1. The van der Waals surface area contributed by atoms with Gasteiger partial charge < -0.3 is 19.9 Å². The molecular weight excluding hydrogens is 839 g/mol. The molecule has 1 aliphatic heterocycles. The van der Waals surface area contributed by atoms with Crippen LogP contribution in [-0.2, 0) is 10.0 Å². The molecule has 9 rings (SSSR count). The molecule has 1 spiro atoms. The number of carbonyl (C=O) groups is 1. The third-order valence-corrected chi connectivity index (χ3v) is 16.9. The van der Waals surface area contributed by atoms with Crippen molar-refractivity contribution in [3.05, 3.63) is 106 Å². The summed E-state index contributed by atoms with van der Waals surface area (Å²) in [6, 6.07) is 19.0. The third-order valence-electron chi connectivity index (χ3n) is 15.5. The third kappa shape index (κ3) is 9.33. The Hall–Kier alpha value is -5.50. The maximum atomic E-state index is 14.1. The summed E-state index contributed by atoms with van der Waals surface area (Å²) in [5, 5.41) is 16.2. The van der Waals surface area contributed by atoms with Crippen molar-refractivity contribution in [1.29, 1.82) is 0 Å². The van der Waals surface area contributed by atoms with Gasteiger partial charge in [-0.15, -0.1) is 0 Å². The van der Waals surface area contributed by atoms with Gasteiger partial charge in [-0.2, -0.15) is 0 Å². The summed E-state index contributed by atoms with van der Waals surface area (Å²) in [6.45, 7) is 12.8. The van der Waals surface area contributed by atoms with Crippen molar-refractivity contribution in [2.45, 2.75) is 122 Å². The van der Waals surface area contributed by atoms with Crippen LogP contribution in [-0.4, -0.2) is 53.8 Å². The van der Waals surface area contributed by atoms with E-state index in [0.29, 0.717) is 41.1 Å². The van der Waals surface area contributed by atoms with Gasteiger partial charge in [0.1, 0.15) is 22.0 Å². The fourth-order valence-corrected chi connectivity index (χ4v) is 12.8. The second-order valence-electron chi connectivity index (χ2n) is 20.6. The van der Waals surface area contributed by atoms with E-state index in [1.54, 1.807) is 36.2 Å². The Labute approximate surface area is 382 Å². The van der Waals surface area contributed by atoms with Gasteiger partial charge in [0.05, 0.1) is 22.4 Å². The standard InChI is InChI=1S/C51H63N7O6S/c1-32(2)39-9-6-7-10-41(39)42-12-8-11-40(42)36-28-51(29-36)20-23-57(24-21-51)37-13-14-43(45(26-37)64-38-25-35-17-22-52-47(35)54-31-38)49(59)56-65(62,63)46-27-44(58(60)61)48(55-33(46)3)53-30-34-15-18-50(4,5)19-16-34/h6-7,9-10,13-14,17,22,25-27,31-32,34,36,40,42H,8,11-12,15-16,18-21,23-24,28-30H2,1-5H3,(H,52,54)(H,53,55)(H,56,59)/t40?,42-/m0/s1. The van der Waals surface area contributed by atoms with Crippen molar-refractivity contribution in [2.24, 2.45) is 28.6 Å². The molecule has 65 heavy (non-hydrogen) atoms. The van der Waals surface area contributed by atoms with Crippen molar-refractivity contribution < 1.29 is 22.9 Å². The van der Waals surface area contributed by atoms with Crippen molar-refractivity contribution in [3.63, 3.8) is 0 Å². The van der Waals surface area contributed by atoms with Crippen LogP contribution in [0.25, 0.3) is 11.0 Å². The zero-order valence-electron chi connectivity index (χ0n) is 38.4. The molecule has 14 heteroatoms.